The third-order valence-electron chi connectivity index (χ3n) is 6.43. The van der Waals surface area contributed by atoms with Gasteiger partial charge in [-0.3, -0.25) is 9.36 Å². The molecule has 0 radical (unpaired) electrons. The molecule has 0 bridgehead atoms. The maximum absolute atomic E-state index is 15.4. The third kappa shape index (κ3) is 4.48. The van der Waals surface area contributed by atoms with Crippen molar-refractivity contribution in [3.8, 4) is 22.6 Å². The molecule has 1 unspecified atom stereocenters. The topological polar surface area (TPSA) is 68.2 Å². The summed E-state index contributed by atoms with van der Waals surface area (Å²) < 4.78 is 22.4. The zero-order valence-corrected chi connectivity index (χ0v) is 19.7. The van der Waals surface area contributed by atoms with Crippen LogP contribution in [-0.2, 0) is 13.1 Å². The van der Waals surface area contributed by atoms with E-state index in [1.54, 1.807) is 30.1 Å². The van der Waals surface area contributed by atoms with Crippen molar-refractivity contribution < 1.29 is 13.9 Å². The lowest BCUT2D eigenvalue weighted by atomic mass is 9.95. The number of ether oxygens (including phenoxy) is 1. The molecule has 0 fully saturated rings. The number of carbonyl (C=O) groups excluding carboxylic acids is 1. The lowest BCUT2D eigenvalue weighted by molar-refractivity contribution is 0.0966. The fourth-order valence-corrected chi connectivity index (χ4v) is 4.67. The molecule has 7 heteroatoms. The van der Waals surface area contributed by atoms with Gasteiger partial charge in [0.15, 0.2) is 5.78 Å². The molecule has 4 aromatic rings. The lowest BCUT2D eigenvalue weighted by Gasteiger charge is -2.18. The van der Waals surface area contributed by atoms with Gasteiger partial charge in [-0.2, -0.15) is 0 Å². The molecular formula is C28H27FN4O2. The first-order valence-corrected chi connectivity index (χ1v) is 11.6. The summed E-state index contributed by atoms with van der Waals surface area (Å²) in [5.41, 5.74) is 5.39. The molecule has 1 aliphatic rings. The zero-order valence-electron chi connectivity index (χ0n) is 19.7. The minimum Gasteiger partial charge on any atom is -0.497 e. The summed E-state index contributed by atoms with van der Waals surface area (Å²) in [5.74, 6) is 0.330. The highest BCUT2D eigenvalue weighted by atomic mass is 19.1. The molecule has 0 spiro atoms. The number of imidazole rings is 1. The minimum atomic E-state index is -0.442. The molecule has 1 aliphatic heterocycles. The fraction of sp³-hybridized carbons (Fsp3) is 0.214. The van der Waals surface area contributed by atoms with Crippen LogP contribution in [0.25, 0.3) is 16.8 Å². The summed E-state index contributed by atoms with van der Waals surface area (Å²) in [6.45, 7) is 1.07. The monoisotopic (exact) mass is 470 g/mol. The molecule has 1 atom stereocenters. The molecule has 1 aromatic heterocycles. The number of nitrogens with one attached hydrogen (secondary N) is 2. The number of halogens is 1. The summed E-state index contributed by atoms with van der Waals surface area (Å²) in [6, 6.07) is 20.2. The molecule has 3 aromatic carbocycles. The van der Waals surface area contributed by atoms with E-state index >= 15 is 4.39 Å². The van der Waals surface area contributed by atoms with Gasteiger partial charge >= 0.3 is 0 Å². The van der Waals surface area contributed by atoms with Crippen LogP contribution in [0.4, 0.5) is 4.39 Å². The second-order valence-corrected chi connectivity index (χ2v) is 8.59. The highest BCUT2D eigenvalue weighted by Crippen LogP contribution is 2.31. The number of hydrogen-bond donors (Lipinski definition) is 2. The Morgan fingerprint density at radius 3 is 2.69 bits per heavy atom. The predicted molar refractivity (Wildman–Crippen MR) is 133 cm³/mol. The number of methoxy groups -OCH3 is 1. The Balaban J connectivity index is 1.41. The predicted octanol–water partition coefficient (Wildman–Crippen LogP) is 4.82. The van der Waals surface area contributed by atoms with Crippen LogP contribution in [0.1, 0.15) is 39.8 Å². The number of ketones is 1. The van der Waals surface area contributed by atoms with E-state index < -0.39 is 6.04 Å². The second-order valence-electron chi connectivity index (χ2n) is 8.59. The van der Waals surface area contributed by atoms with Crippen LogP contribution >= 0.6 is 0 Å². The average Bonchev–Trinajstić information content (AvgIpc) is 3.24. The Kier molecular flexibility index (Phi) is 6.44. The summed E-state index contributed by atoms with van der Waals surface area (Å²) in [4.78, 5) is 17.8. The van der Waals surface area contributed by atoms with Gasteiger partial charge in [-0.1, -0.05) is 36.4 Å². The molecule has 0 amide bonds. The minimum absolute atomic E-state index is 0.0776. The van der Waals surface area contributed by atoms with Gasteiger partial charge in [-0.05, 0) is 54.1 Å². The van der Waals surface area contributed by atoms with Crippen LogP contribution < -0.4 is 15.4 Å². The number of carbonyl (C=O) groups is 1. The molecule has 35 heavy (non-hydrogen) atoms. The summed E-state index contributed by atoms with van der Waals surface area (Å²) in [7, 11) is 3.50. The molecule has 2 heterocycles. The van der Waals surface area contributed by atoms with Crippen LogP contribution in [0, 0.1) is 5.82 Å². The van der Waals surface area contributed by atoms with Crippen molar-refractivity contribution in [3.63, 3.8) is 0 Å². The number of hydrogen-bond acceptors (Lipinski definition) is 5. The number of aromatic nitrogens is 2. The molecule has 0 saturated carbocycles. The highest BCUT2D eigenvalue weighted by Gasteiger charge is 2.29. The van der Waals surface area contributed by atoms with Crippen molar-refractivity contribution in [2.24, 2.45) is 0 Å². The molecule has 0 aliphatic carbocycles. The van der Waals surface area contributed by atoms with Gasteiger partial charge in [-0.15, -0.1) is 0 Å². The first-order chi connectivity index (χ1) is 17.1. The van der Waals surface area contributed by atoms with Gasteiger partial charge in [0.25, 0.3) is 0 Å². The van der Waals surface area contributed by atoms with Crippen LogP contribution in [0.15, 0.2) is 73.1 Å². The summed E-state index contributed by atoms with van der Waals surface area (Å²) >= 11 is 0. The van der Waals surface area contributed by atoms with Crippen molar-refractivity contribution in [2.75, 3.05) is 14.2 Å². The standard InChI is InChI=1S/C28H27FN4O2/c1-30-15-19-5-3-4-6-22(19)18-7-12-23(24(29)13-18)25-14-27(34)28-26(16-31-25)32-17-33(28)20-8-10-21(35-2)11-9-20/h3-13,17,25,30-31H,14-16H2,1-2H3. The van der Waals surface area contributed by atoms with Gasteiger partial charge in [-0.25, -0.2) is 9.37 Å². The van der Waals surface area contributed by atoms with Gasteiger partial charge in [0.2, 0.25) is 0 Å². The number of benzene rings is 3. The van der Waals surface area contributed by atoms with E-state index in [0.717, 1.165) is 28.1 Å². The number of fused-ring (bicyclic) bond motifs is 1. The molecular weight excluding hydrogens is 443 g/mol. The molecule has 5 rings (SSSR count). The maximum Gasteiger partial charge on any atom is 0.183 e. The Labute approximate surface area is 203 Å². The van der Waals surface area contributed by atoms with E-state index in [-0.39, 0.29) is 18.0 Å². The van der Waals surface area contributed by atoms with Crippen LogP contribution in [0.2, 0.25) is 0 Å². The molecule has 2 N–H and O–H groups in total. The first kappa shape index (κ1) is 23.0. The molecule has 6 nitrogen and oxygen atoms in total. The van der Waals surface area contributed by atoms with E-state index in [1.807, 2.05) is 61.6 Å². The third-order valence-corrected chi connectivity index (χ3v) is 6.43. The van der Waals surface area contributed by atoms with Crippen LogP contribution in [0.5, 0.6) is 5.75 Å². The van der Waals surface area contributed by atoms with E-state index in [2.05, 4.69) is 15.6 Å². The SMILES string of the molecule is CNCc1ccccc1-c1ccc(C2CC(=O)c3c(ncn3-c3ccc(OC)cc3)CN2)c(F)c1. The highest BCUT2D eigenvalue weighted by molar-refractivity contribution is 5.97. The van der Waals surface area contributed by atoms with Crippen molar-refractivity contribution in [3.05, 3.63) is 101 Å². The average molecular weight is 471 g/mol. The van der Waals surface area contributed by atoms with Gasteiger partial charge in [0, 0.05) is 36.8 Å². The zero-order chi connectivity index (χ0) is 24.4. The van der Waals surface area contributed by atoms with Crippen molar-refractivity contribution in [1.82, 2.24) is 20.2 Å². The van der Waals surface area contributed by atoms with Gasteiger partial charge in [0.05, 0.1) is 12.8 Å². The summed E-state index contributed by atoms with van der Waals surface area (Å²) in [6.07, 6.45) is 1.80. The van der Waals surface area contributed by atoms with E-state index in [1.165, 1.54) is 0 Å². The van der Waals surface area contributed by atoms with Gasteiger partial charge < -0.3 is 15.4 Å². The van der Waals surface area contributed by atoms with Crippen LogP contribution in [-0.4, -0.2) is 29.5 Å². The smallest absolute Gasteiger partial charge is 0.183 e. The largest absolute Gasteiger partial charge is 0.497 e. The molecule has 178 valence electrons. The van der Waals surface area contributed by atoms with Crippen LogP contribution in [0.3, 0.4) is 0 Å². The van der Waals surface area contributed by atoms with E-state index in [9.17, 15) is 4.79 Å². The Morgan fingerprint density at radius 1 is 1.14 bits per heavy atom. The number of rotatable bonds is 6. The number of nitrogens with zero attached hydrogens (tertiary/aromatic N) is 2. The van der Waals surface area contributed by atoms with E-state index in [0.29, 0.717) is 30.0 Å². The second kappa shape index (κ2) is 9.82. The number of Topliss-reactive ketones (excluding diaryl/α,β-unsaturated/α-hetero) is 1. The Morgan fingerprint density at radius 2 is 1.94 bits per heavy atom. The molecule has 0 saturated heterocycles. The van der Waals surface area contributed by atoms with Crippen molar-refractivity contribution in [2.45, 2.75) is 25.6 Å². The normalized spacial score (nSPS) is 15.5. The van der Waals surface area contributed by atoms with Crippen molar-refractivity contribution in [1.29, 1.82) is 0 Å². The fourth-order valence-electron chi connectivity index (χ4n) is 4.67. The Hall–Kier alpha value is -3.81. The quantitative estimate of drug-likeness (QED) is 0.423. The lowest BCUT2D eigenvalue weighted by Crippen LogP contribution is -2.21. The first-order valence-electron chi connectivity index (χ1n) is 11.6. The Bertz CT molecular complexity index is 1360. The van der Waals surface area contributed by atoms with E-state index in [4.69, 9.17) is 4.74 Å². The van der Waals surface area contributed by atoms with Gasteiger partial charge in [0.1, 0.15) is 23.6 Å². The maximum atomic E-state index is 15.4. The summed E-state index contributed by atoms with van der Waals surface area (Å²) in [5, 5.41) is 6.49. The van der Waals surface area contributed by atoms with Crippen molar-refractivity contribution >= 4 is 5.78 Å².